The molecule has 0 atom stereocenters. The standard InChI is InChI=1S/C13H12FN3O3/c1-20-13-5-2-9(8-16-13)7-15-12-6-10(17(18)19)3-4-11(12)14/h2-6,8,15H,7H2,1H3. The summed E-state index contributed by atoms with van der Waals surface area (Å²) in [5.74, 6) is -0.0626. The molecule has 2 aromatic rings. The van der Waals surface area contributed by atoms with Crippen molar-refractivity contribution in [3.8, 4) is 5.88 Å². The van der Waals surface area contributed by atoms with E-state index in [1.165, 1.54) is 7.11 Å². The van der Waals surface area contributed by atoms with Gasteiger partial charge in [0.05, 0.1) is 17.7 Å². The third-order valence-corrected chi connectivity index (χ3v) is 2.65. The highest BCUT2D eigenvalue weighted by Crippen LogP contribution is 2.21. The van der Waals surface area contributed by atoms with E-state index in [1.54, 1.807) is 18.3 Å². The van der Waals surface area contributed by atoms with Gasteiger partial charge in [0, 0.05) is 30.9 Å². The van der Waals surface area contributed by atoms with Crippen LogP contribution in [0.15, 0.2) is 36.5 Å². The Kier molecular flexibility index (Phi) is 4.09. The van der Waals surface area contributed by atoms with Crippen molar-refractivity contribution in [3.05, 3.63) is 58.0 Å². The molecule has 0 amide bonds. The van der Waals surface area contributed by atoms with Gasteiger partial charge in [-0.3, -0.25) is 10.1 Å². The Morgan fingerprint density at radius 1 is 1.40 bits per heavy atom. The second kappa shape index (κ2) is 5.96. The summed E-state index contributed by atoms with van der Waals surface area (Å²) in [7, 11) is 1.51. The largest absolute Gasteiger partial charge is 0.481 e. The first-order chi connectivity index (χ1) is 9.60. The Labute approximate surface area is 114 Å². The molecule has 1 heterocycles. The fourth-order valence-electron chi connectivity index (χ4n) is 1.60. The van der Waals surface area contributed by atoms with Gasteiger partial charge in [0.2, 0.25) is 5.88 Å². The first-order valence-electron chi connectivity index (χ1n) is 5.77. The van der Waals surface area contributed by atoms with E-state index in [1.807, 2.05) is 0 Å². The van der Waals surface area contributed by atoms with Gasteiger partial charge in [-0.15, -0.1) is 0 Å². The zero-order valence-corrected chi connectivity index (χ0v) is 10.7. The van der Waals surface area contributed by atoms with Crippen LogP contribution in [0.2, 0.25) is 0 Å². The molecule has 6 nitrogen and oxygen atoms in total. The maximum atomic E-state index is 13.5. The Bertz CT molecular complexity index is 617. The summed E-state index contributed by atoms with van der Waals surface area (Å²) in [6, 6.07) is 6.80. The number of nitrogens with one attached hydrogen (secondary N) is 1. The van der Waals surface area contributed by atoms with Crippen molar-refractivity contribution in [2.24, 2.45) is 0 Å². The SMILES string of the molecule is COc1ccc(CNc2cc([N+](=O)[O-])ccc2F)cn1. The molecule has 1 aromatic carbocycles. The monoisotopic (exact) mass is 277 g/mol. The van der Waals surface area contributed by atoms with Crippen molar-refractivity contribution in [2.75, 3.05) is 12.4 Å². The van der Waals surface area contributed by atoms with Gasteiger partial charge in [-0.05, 0) is 11.6 Å². The van der Waals surface area contributed by atoms with E-state index >= 15 is 0 Å². The number of pyridine rings is 1. The number of hydrogen-bond acceptors (Lipinski definition) is 5. The number of anilines is 1. The average Bonchev–Trinajstić information content (AvgIpc) is 2.46. The maximum absolute atomic E-state index is 13.5. The van der Waals surface area contributed by atoms with Gasteiger partial charge in [0.1, 0.15) is 5.82 Å². The summed E-state index contributed by atoms with van der Waals surface area (Å²) in [6.45, 7) is 0.301. The van der Waals surface area contributed by atoms with Crippen LogP contribution in [0.4, 0.5) is 15.8 Å². The fraction of sp³-hybridized carbons (Fsp3) is 0.154. The molecule has 0 fully saturated rings. The van der Waals surface area contributed by atoms with E-state index in [0.29, 0.717) is 12.4 Å². The number of hydrogen-bond donors (Lipinski definition) is 1. The van der Waals surface area contributed by atoms with Gasteiger partial charge in [-0.2, -0.15) is 0 Å². The number of methoxy groups -OCH3 is 1. The van der Waals surface area contributed by atoms with Crippen LogP contribution >= 0.6 is 0 Å². The van der Waals surface area contributed by atoms with Crippen LogP contribution in [0.1, 0.15) is 5.56 Å². The maximum Gasteiger partial charge on any atom is 0.271 e. The highest BCUT2D eigenvalue weighted by Gasteiger charge is 2.10. The molecule has 0 radical (unpaired) electrons. The Morgan fingerprint density at radius 2 is 2.20 bits per heavy atom. The second-order valence-electron chi connectivity index (χ2n) is 3.98. The van der Waals surface area contributed by atoms with Crippen LogP contribution in [0.25, 0.3) is 0 Å². The summed E-state index contributed by atoms with van der Waals surface area (Å²) < 4.78 is 18.5. The minimum Gasteiger partial charge on any atom is -0.481 e. The molecule has 0 unspecified atom stereocenters. The fourth-order valence-corrected chi connectivity index (χ4v) is 1.60. The number of ether oxygens (including phenoxy) is 1. The van der Waals surface area contributed by atoms with Crippen LogP contribution in [0.5, 0.6) is 5.88 Å². The molecule has 0 aliphatic heterocycles. The van der Waals surface area contributed by atoms with Gasteiger partial charge < -0.3 is 10.1 Å². The summed E-state index contributed by atoms with van der Waals surface area (Å²) in [6.07, 6.45) is 1.58. The molecule has 0 aliphatic carbocycles. The number of rotatable bonds is 5. The van der Waals surface area contributed by atoms with E-state index in [2.05, 4.69) is 10.3 Å². The summed E-state index contributed by atoms with van der Waals surface area (Å²) in [5, 5.41) is 13.4. The minimum absolute atomic E-state index is 0.0787. The smallest absolute Gasteiger partial charge is 0.271 e. The number of benzene rings is 1. The van der Waals surface area contributed by atoms with Crippen molar-refractivity contribution in [1.82, 2.24) is 4.98 Å². The van der Waals surface area contributed by atoms with Crippen LogP contribution < -0.4 is 10.1 Å². The van der Waals surface area contributed by atoms with E-state index in [9.17, 15) is 14.5 Å². The molecule has 0 aliphatic rings. The van der Waals surface area contributed by atoms with Gasteiger partial charge in [0.15, 0.2) is 0 Å². The molecule has 0 saturated heterocycles. The van der Waals surface area contributed by atoms with E-state index in [-0.39, 0.29) is 11.4 Å². The summed E-state index contributed by atoms with van der Waals surface area (Å²) in [5.41, 5.74) is 0.716. The molecular formula is C13H12FN3O3. The van der Waals surface area contributed by atoms with Crippen molar-refractivity contribution < 1.29 is 14.1 Å². The number of nitro benzene ring substituents is 1. The van der Waals surface area contributed by atoms with Gasteiger partial charge in [-0.25, -0.2) is 9.37 Å². The van der Waals surface area contributed by atoms with Crippen LogP contribution in [0, 0.1) is 15.9 Å². The van der Waals surface area contributed by atoms with Gasteiger partial charge >= 0.3 is 0 Å². The Balaban J connectivity index is 2.09. The van der Waals surface area contributed by atoms with E-state index in [0.717, 1.165) is 23.8 Å². The van der Waals surface area contributed by atoms with Crippen molar-refractivity contribution in [1.29, 1.82) is 0 Å². The Morgan fingerprint density at radius 3 is 2.80 bits per heavy atom. The molecule has 0 spiro atoms. The van der Waals surface area contributed by atoms with Crippen molar-refractivity contribution in [2.45, 2.75) is 6.54 Å². The van der Waals surface area contributed by atoms with Gasteiger partial charge in [-0.1, -0.05) is 6.07 Å². The lowest BCUT2D eigenvalue weighted by Gasteiger charge is -2.07. The third-order valence-electron chi connectivity index (χ3n) is 2.65. The quantitative estimate of drug-likeness (QED) is 0.671. The first kappa shape index (κ1) is 13.7. The van der Waals surface area contributed by atoms with Crippen LogP contribution in [-0.2, 0) is 6.54 Å². The summed E-state index contributed by atoms with van der Waals surface area (Å²) in [4.78, 5) is 14.1. The zero-order chi connectivity index (χ0) is 14.5. The van der Waals surface area contributed by atoms with Crippen molar-refractivity contribution in [3.63, 3.8) is 0 Å². The Hall–Kier alpha value is -2.70. The van der Waals surface area contributed by atoms with Crippen LogP contribution in [-0.4, -0.2) is 17.0 Å². The number of nitrogens with zero attached hydrogens (tertiary/aromatic N) is 2. The molecular weight excluding hydrogens is 265 g/mol. The van der Waals surface area contributed by atoms with Crippen LogP contribution in [0.3, 0.4) is 0 Å². The molecule has 1 N–H and O–H groups in total. The zero-order valence-electron chi connectivity index (χ0n) is 10.7. The molecule has 0 bridgehead atoms. The second-order valence-corrected chi connectivity index (χ2v) is 3.98. The molecule has 2 rings (SSSR count). The lowest BCUT2D eigenvalue weighted by atomic mass is 10.2. The summed E-state index contributed by atoms with van der Waals surface area (Å²) >= 11 is 0. The number of halogens is 1. The average molecular weight is 277 g/mol. The molecule has 0 saturated carbocycles. The van der Waals surface area contributed by atoms with Crippen molar-refractivity contribution >= 4 is 11.4 Å². The predicted octanol–water partition coefficient (Wildman–Crippen LogP) is 2.75. The predicted molar refractivity (Wildman–Crippen MR) is 71.2 cm³/mol. The van der Waals surface area contributed by atoms with E-state index < -0.39 is 10.7 Å². The van der Waals surface area contributed by atoms with Gasteiger partial charge in [0.25, 0.3) is 5.69 Å². The normalized spacial score (nSPS) is 10.1. The molecule has 104 valence electrons. The third kappa shape index (κ3) is 3.19. The molecule has 7 heteroatoms. The molecule has 1 aromatic heterocycles. The lowest BCUT2D eigenvalue weighted by Crippen LogP contribution is -2.03. The first-order valence-corrected chi connectivity index (χ1v) is 5.77. The number of nitro groups is 1. The highest BCUT2D eigenvalue weighted by molar-refractivity contribution is 5.52. The van der Waals surface area contributed by atoms with E-state index in [4.69, 9.17) is 4.74 Å². The minimum atomic E-state index is -0.570. The number of non-ortho nitro benzene ring substituents is 1. The lowest BCUT2D eigenvalue weighted by molar-refractivity contribution is -0.384. The topological polar surface area (TPSA) is 77.3 Å². The molecule has 20 heavy (non-hydrogen) atoms. The highest BCUT2D eigenvalue weighted by atomic mass is 19.1. The number of aromatic nitrogens is 1.